The highest BCUT2D eigenvalue weighted by Gasteiger charge is 2.06. The molecule has 1 aromatic rings. The molecule has 0 aliphatic carbocycles. The Labute approximate surface area is 101 Å². The number of hydrogen-bond acceptors (Lipinski definition) is 4. The minimum absolute atomic E-state index is 0.0332. The zero-order chi connectivity index (χ0) is 12.7. The third kappa shape index (κ3) is 4.80. The summed E-state index contributed by atoms with van der Waals surface area (Å²) in [4.78, 5) is 18.4. The number of carboxylic acids is 1. The Bertz CT molecular complexity index is 351. The number of carbonyl (C=O) groups is 1. The third-order valence-electron chi connectivity index (χ3n) is 2.51. The Morgan fingerprint density at radius 3 is 2.71 bits per heavy atom. The molecule has 0 bridgehead atoms. The lowest BCUT2D eigenvalue weighted by Gasteiger charge is -2.13. The van der Waals surface area contributed by atoms with E-state index in [0.717, 1.165) is 6.42 Å². The van der Waals surface area contributed by atoms with Crippen LogP contribution in [0.25, 0.3) is 0 Å². The van der Waals surface area contributed by atoms with E-state index in [-0.39, 0.29) is 5.69 Å². The van der Waals surface area contributed by atoms with Gasteiger partial charge in [0, 0.05) is 6.04 Å². The van der Waals surface area contributed by atoms with Gasteiger partial charge in [0.2, 0.25) is 0 Å². The van der Waals surface area contributed by atoms with Crippen LogP contribution in [-0.4, -0.2) is 27.1 Å². The largest absolute Gasteiger partial charge is 0.476 e. The molecule has 5 nitrogen and oxygen atoms in total. The van der Waals surface area contributed by atoms with Gasteiger partial charge in [-0.05, 0) is 13.3 Å². The van der Waals surface area contributed by atoms with Crippen LogP contribution < -0.4 is 5.32 Å². The van der Waals surface area contributed by atoms with E-state index < -0.39 is 5.97 Å². The van der Waals surface area contributed by atoms with Crippen LogP contribution in [0.5, 0.6) is 0 Å². The molecule has 94 valence electrons. The minimum atomic E-state index is -1.06. The first kappa shape index (κ1) is 13.4. The summed E-state index contributed by atoms with van der Waals surface area (Å²) in [6, 6.07) is 0.325. The van der Waals surface area contributed by atoms with Crippen molar-refractivity contribution in [1.29, 1.82) is 0 Å². The van der Waals surface area contributed by atoms with E-state index in [4.69, 9.17) is 5.11 Å². The molecule has 0 saturated heterocycles. The molecule has 0 fully saturated rings. The van der Waals surface area contributed by atoms with Crippen molar-refractivity contribution in [1.82, 2.24) is 9.97 Å². The molecule has 1 aromatic heterocycles. The second-order valence-corrected chi connectivity index (χ2v) is 4.13. The molecule has 0 aromatic carbocycles. The van der Waals surface area contributed by atoms with Gasteiger partial charge < -0.3 is 10.4 Å². The van der Waals surface area contributed by atoms with Crippen LogP contribution >= 0.6 is 0 Å². The van der Waals surface area contributed by atoms with E-state index in [9.17, 15) is 4.79 Å². The van der Waals surface area contributed by atoms with E-state index in [2.05, 4.69) is 29.1 Å². The predicted molar refractivity (Wildman–Crippen MR) is 66.2 cm³/mol. The lowest BCUT2D eigenvalue weighted by molar-refractivity contribution is 0.0690. The van der Waals surface area contributed by atoms with E-state index in [1.807, 2.05) is 0 Å². The van der Waals surface area contributed by atoms with Gasteiger partial charge in [0.1, 0.15) is 5.82 Å². The van der Waals surface area contributed by atoms with Gasteiger partial charge in [0.05, 0.1) is 12.4 Å². The second-order valence-electron chi connectivity index (χ2n) is 4.13. The highest BCUT2D eigenvalue weighted by Crippen LogP contribution is 2.08. The Hall–Kier alpha value is -1.65. The van der Waals surface area contributed by atoms with E-state index >= 15 is 0 Å². The molecule has 0 saturated carbocycles. The first-order valence-corrected chi connectivity index (χ1v) is 5.95. The molecule has 0 amide bonds. The molecule has 2 N–H and O–H groups in total. The van der Waals surface area contributed by atoms with Crippen LogP contribution in [0, 0.1) is 0 Å². The van der Waals surface area contributed by atoms with Crippen LogP contribution in [0.1, 0.15) is 50.0 Å². The Morgan fingerprint density at radius 1 is 1.41 bits per heavy atom. The average Bonchev–Trinajstić information content (AvgIpc) is 2.30. The molecular formula is C12H19N3O2. The first-order chi connectivity index (χ1) is 8.13. The van der Waals surface area contributed by atoms with Gasteiger partial charge in [-0.1, -0.05) is 26.2 Å². The topological polar surface area (TPSA) is 75.1 Å². The summed E-state index contributed by atoms with van der Waals surface area (Å²) in [5.41, 5.74) is -0.0332. The molecule has 0 aliphatic heterocycles. The molecule has 0 radical (unpaired) electrons. The van der Waals surface area contributed by atoms with Gasteiger partial charge in [0.25, 0.3) is 0 Å². The van der Waals surface area contributed by atoms with Crippen molar-refractivity contribution in [3.8, 4) is 0 Å². The molecular weight excluding hydrogens is 218 g/mol. The van der Waals surface area contributed by atoms with Crippen molar-refractivity contribution < 1.29 is 9.90 Å². The van der Waals surface area contributed by atoms with Gasteiger partial charge in [-0.2, -0.15) is 0 Å². The number of hydrogen-bond donors (Lipinski definition) is 2. The summed E-state index contributed by atoms with van der Waals surface area (Å²) in [5, 5.41) is 11.9. The molecule has 1 atom stereocenters. The average molecular weight is 237 g/mol. The summed E-state index contributed by atoms with van der Waals surface area (Å²) in [5.74, 6) is -0.431. The molecule has 5 heteroatoms. The maximum Gasteiger partial charge on any atom is 0.356 e. The fourth-order valence-corrected chi connectivity index (χ4v) is 1.54. The van der Waals surface area contributed by atoms with Gasteiger partial charge in [-0.3, -0.25) is 0 Å². The number of unbranched alkanes of at least 4 members (excludes halogenated alkanes) is 2. The first-order valence-electron chi connectivity index (χ1n) is 5.95. The summed E-state index contributed by atoms with van der Waals surface area (Å²) < 4.78 is 0. The smallest absolute Gasteiger partial charge is 0.356 e. The van der Waals surface area contributed by atoms with Crippen LogP contribution in [0.15, 0.2) is 12.4 Å². The van der Waals surface area contributed by atoms with Crippen molar-refractivity contribution in [3.05, 3.63) is 18.1 Å². The maximum absolute atomic E-state index is 10.6. The van der Waals surface area contributed by atoms with Crippen LogP contribution in [0.4, 0.5) is 5.82 Å². The summed E-state index contributed by atoms with van der Waals surface area (Å²) >= 11 is 0. The van der Waals surface area contributed by atoms with Crippen LogP contribution in [-0.2, 0) is 0 Å². The minimum Gasteiger partial charge on any atom is -0.476 e. The lowest BCUT2D eigenvalue weighted by Crippen LogP contribution is -2.16. The zero-order valence-electron chi connectivity index (χ0n) is 10.3. The molecule has 1 heterocycles. The van der Waals surface area contributed by atoms with Gasteiger partial charge in [-0.15, -0.1) is 0 Å². The lowest BCUT2D eigenvalue weighted by atomic mass is 10.1. The standard InChI is InChI=1S/C12H19N3O2/c1-3-4-5-6-9(2)15-11-8-13-10(7-14-11)12(16)17/h7-9H,3-6H2,1-2H3,(H,14,15)(H,16,17). The normalized spacial score (nSPS) is 12.1. The molecule has 1 unspecified atom stereocenters. The van der Waals surface area contributed by atoms with Crippen LogP contribution in [0.2, 0.25) is 0 Å². The Kier molecular flexibility index (Phi) is 5.39. The van der Waals surface area contributed by atoms with Gasteiger partial charge in [0.15, 0.2) is 5.69 Å². The van der Waals surface area contributed by atoms with E-state index in [1.165, 1.54) is 31.7 Å². The molecule has 0 aliphatic rings. The summed E-state index contributed by atoms with van der Waals surface area (Å²) in [7, 11) is 0. The number of aromatic nitrogens is 2. The highest BCUT2D eigenvalue weighted by atomic mass is 16.4. The van der Waals surface area contributed by atoms with Crippen molar-refractivity contribution in [2.24, 2.45) is 0 Å². The Balaban J connectivity index is 2.43. The summed E-state index contributed by atoms with van der Waals surface area (Å²) in [6.07, 6.45) is 7.43. The third-order valence-corrected chi connectivity index (χ3v) is 2.51. The van der Waals surface area contributed by atoms with Crippen molar-refractivity contribution in [2.75, 3.05) is 5.32 Å². The maximum atomic E-state index is 10.6. The molecule has 0 spiro atoms. The Morgan fingerprint density at radius 2 is 2.18 bits per heavy atom. The predicted octanol–water partition coefficient (Wildman–Crippen LogP) is 2.56. The number of nitrogens with zero attached hydrogens (tertiary/aromatic N) is 2. The number of aromatic carboxylic acids is 1. The van der Waals surface area contributed by atoms with E-state index in [0.29, 0.717) is 11.9 Å². The van der Waals surface area contributed by atoms with Gasteiger partial charge >= 0.3 is 5.97 Å². The van der Waals surface area contributed by atoms with Crippen molar-refractivity contribution in [2.45, 2.75) is 45.6 Å². The van der Waals surface area contributed by atoms with Crippen molar-refractivity contribution >= 4 is 11.8 Å². The number of nitrogens with one attached hydrogen (secondary N) is 1. The SMILES string of the molecule is CCCCCC(C)Nc1cnc(C(=O)O)cn1. The summed E-state index contributed by atoms with van der Waals surface area (Å²) in [6.45, 7) is 4.26. The highest BCUT2D eigenvalue weighted by molar-refractivity contribution is 5.84. The number of anilines is 1. The fourth-order valence-electron chi connectivity index (χ4n) is 1.54. The number of carboxylic acid groups (broad SMARTS) is 1. The van der Waals surface area contributed by atoms with Crippen LogP contribution in [0.3, 0.4) is 0 Å². The van der Waals surface area contributed by atoms with Crippen molar-refractivity contribution in [3.63, 3.8) is 0 Å². The molecule has 1 rings (SSSR count). The fraction of sp³-hybridized carbons (Fsp3) is 0.583. The monoisotopic (exact) mass is 237 g/mol. The van der Waals surface area contributed by atoms with E-state index in [1.54, 1.807) is 0 Å². The second kappa shape index (κ2) is 6.83. The quantitative estimate of drug-likeness (QED) is 0.713. The van der Waals surface area contributed by atoms with Gasteiger partial charge in [-0.25, -0.2) is 14.8 Å². The molecule has 17 heavy (non-hydrogen) atoms. The number of rotatable bonds is 7. The zero-order valence-corrected chi connectivity index (χ0v) is 10.3.